The normalized spacial score (nSPS) is 62.0. The smallest absolute Gasteiger partial charge is 0.136 e. The second kappa shape index (κ2) is 5.44. The summed E-state index contributed by atoms with van der Waals surface area (Å²) >= 11 is 0. The van der Waals surface area contributed by atoms with Crippen LogP contribution >= 0.6 is 0 Å². The van der Waals surface area contributed by atoms with Crippen molar-refractivity contribution in [1.82, 2.24) is 0 Å². The molecule has 1 aliphatic heterocycles. The van der Waals surface area contributed by atoms with Crippen LogP contribution in [0.1, 0.15) is 91.4 Å². The molecule has 0 aromatic rings. The lowest BCUT2D eigenvalue weighted by molar-refractivity contribution is -0.154. The molecule has 3 nitrogen and oxygen atoms in total. The number of epoxide rings is 1. The molecule has 156 valence electrons. The van der Waals surface area contributed by atoms with Crippen molar-refractivity contribution in [2.45, 2.75) is 109 Å². The molecular weight excluding hydrogens is 348 g/mol. The van der Waals surface area contributed by atoms with Gasteiger partial charge in [0.15, 0.2) is 0 Å². The first kappa shape index (κ1) is 18.4. The summed E-state index contributed by atoms with van der Waals surface area (Å²) < 4.78 is 6.48. The van der Waals surface area contributed by atoms with Crippen molar-refractivity contribution in [2.24, 2.45) is 39.9 Å². The van der Waals surface area contributed by atoms with Crippen LogP contribution in [0.15, 0.2) is 0 Å². The molecule has 0 aromatic heterocycles. The summed E-state index contributed by atoms with van der Waals surface area (Å²) in [5.74, 6) is 3.27. The van der Waals surface area contributed by atoms with Crippen LogP contribution in [0, 0.1) is 39.9 Å². The molecule has 1 N–H and O–H groups in total. The number of hydrogen-bond acceptors (Lipinski definition) is 3. The van der Waals surface area contributed by atoms with E-state index in [2.05, 4.69) is 13.8 Å². The lowest BCUT2D eigenvalue weighted by Crippen LogP contribution is -2.60. The minimum absolute atomic E-state index is 0.0246. The van der Waals surface area contributed by atoms with Crippen LogP contribution in [0.4, 0.5) is 0 Å². The Kier molecular flexibility index (Phi) is 3.57. The minimum Gasteiger partial charge on any atom is -0.393 e. The highest BCUT2D eigenvalue weighted by Gasteiger charge is 2.77. The van der Waals surface area contributed by atoms with E-state index in [-0.39, 0.29) is 27.9 Å². The Hall–Kier alpha value is -0.410. The number of aliphatic hydroxyl groups excluding tert-OH is 1. The van der Waals surface area contributed by atoms with Gasteiger partial charge in [-0.25, -0.2) is 0 Å². The molecule has 1 heterocycles. The van der Waals surface area contributed by atoms with Crippen molar-refractivity contribution < 1.29 is 14.6 Å². The number of fused-ring (bicyclic) bond motifs is 6. The van der Waals surface area contributed by atoms with E-state index in [1.165, 1.54) is 44.9 Å². The van der Waals surface area contributed by atoms with Crippen LogP contribution in [0.5, 0.6) is 0 Å². The molecule has 10 atom stereocenters. The lowest BCUT2D eigenvalue weighted by Gasteiger charge is -2.61. The quantitative estimate of drug-likeness (QED) is 0.652. The van der Waals surface area contributed by atoms with Gasteiger partial charge in [0.2, 0.25) is 0 Å². The topological polar surface area (TPSA) is 49.8 Å². The van der Waals surface area contributed by atoms with Gasteiger partial charge >= 0.3 is 0 Å². The number of aliphatic hydroxyl groups is 1. The number of carbonyl (C=O) groups excluding carboxylic acids is 1. The highest BCUT2D eigenvalue weighted by molar-refractivity contribution is 5.84. The van der Waals surface area contributed by atoms with Crippen LogP contribution < -0.4 is 0 Å². The van der Waals surface area contributed by atoms with Gasteiger partial charge in [-0.3, -0.25) is 4.79 Å². The summed E-state index contributed by atoms with van der Waals surface area (Å²) in [6, 6.07) is 0. The average Bonchev–Trinajstić information content (AvgIpc) is 3.27. The predicted molar refractivity (Wildman–Crippen MR) is 108 cm³/mol. The third kappa shape index (κ3) is 1.84. The molecule has 6 aliphatic rings. The highest BCUT2D eigenvalue weighted by atomic mass is 16.6. The Morgan fingerprint density at radius 3 is 2.54 bits per heavy atom. The molecule has 3 heteroatoms. The summed E-state index contributed by atoms with van der Waals surface area (Å²) in [5, 5.41) is 10.4. The fourth-order valence-electron chi connectivity index (χ4n) is 10.5. The minimum atomic E-state index is -0.168. The van der Waals surface area contributed by atoms with Gasteiger partial charge in [-0.15, -0.1) is 0 Å². The van der Waals surface area contributed by atoms with E-state index in [0.29, 0.717) is 23.7 Å². The Labute approximate surface area is 170 Å². The second-order valence-electron chi connectivity index (χ2n) is 12.1. The lowest BCUT2D eigenvalue weighted by atomic mass is 9.42. The first-order valence-electron chi connectivity index (χ1n) is 12.2. The first-order valence-corrected chi connectivity index (χ1v) is 12.2. The fraction of sp³-hybridized carbons (Fsp3) is 0.960. The molecule has 1 spiro atoms. The van der Waals surface area contributed by atoms with Gasteiger partial charge in [-0.05, 0) is 87.4 Å². The molecule has 28 heavy (non-hydrogen) atoms. The van der Waals surface area contributed by atoms with Crippen LogP contribution in [0.25, 0.3) is 0 Å². The third-order valence-corrected chi connectivity index (χ3v) is 11.7. The van der Waals surface area contributed by atoms with Gasteiger partial charge in [0.05, 0.1) is 12.2 Å². The van der Waals surface area contributed by atoms with E-state index < -0.39 is 0 Å². The molecule has 6 rings (SSSR count). The average molecular weight is 387 g/mol. The van der Waals surface area contributed by atoms with Crippen LogP contribution in [0.3, 0.4) is 0 Å². The number of hydrogen-bond donors (Lipinski definition) is 1. The van der Waals surface area contributed by atoms with E-state index in [0.717, 1.165) is 37.5 Å². The van der Waals surface area contributed by atoms with Crippen LogP contribution in [-0.4, -0.2) is 28.7 Å². The van der Waals surface area contributed by atoms with Crippen LogP contribution in [0.2, 0.25) is 0 Å². The van der Waals surface area contributed by atoms with Gasteiger partial charge in [-0.2, -0.15) is 0 Å². The van der Waals surface area contributed by atoms with Gasteiger partial charge < -0.3 is 9.84 Å². The number of Topliss-reactive ketones (excluding diaryl/α,β-unsaturated/α-hetero) is 1. The third-order valence-electron chi connectivity index (χ3n) is 11.7. The monoisotopic (exact) mass is 386 g/mol. The summed E-state index contributed by atoms with van der Waals surface area (Å²) in [4.78, 5) is 13.2. The number of ketones is 1. The maximum absolute atomic E-state index is 13.2. The summed E-state index contributed by atoms with van der Waals surface area (Å²) in [5.41, 5.74) is 0.371. The Balaban J connectivity index is 1.40. The number of rotatable bonds is 1. The standard InChI is InChI=1S/C25H38O3/c1-15(26)24-9-5-4-6-16(24)12-20-18-13-21-25(28-21)14-17(27)7-10-23(25,3)19(18)8-11-22(20,24)2/h16-21,27H,4-14H2,1-3H3/t16-,17+,18-,19-,20-,21-,22+,23-,24-,25-/m1/s1. The fourth-order valence-corrected chi connectivity index (χ4v) is 10.5. The maximum atomic E-state index is 13.2. The number of ether oxygens (including phenoxy) is 1. The van der Waals surface area contributed by atoms with E-state index in [1.807, 2.05) is 6.92 Å². The van der Waals surface area contributed by atoms with Crippen molar-refractivity contribution in [1.29, 1.82) is 0 Å². The molecule has 0 bridgehead atoms. The Morgan fingerprint density at radius 2 is 1.75 bits per heavy atom. The van der Waals surface area contributed by atoms with E-state index in [9.17, 15) is 9.90 Å². The summed E-state index contributed by atoms with van der Waals surface area (Å²) in [7, 11) is 0. The number of carbonyl (C=O) groups is 1. The zero-order chi connectivity index (χ0) is 19.5. The summed E-state index contributed by atoms with van der Waals surface area (Å²) in [6.07, 6.45) is 13.1. The van der Waals surface area contributed by atoms with Crippen molar-refractivity contribution in [3.05, 3.63) is 0 Å². The Morgan fingerprint density at radius 1 is 0.964 bits per heavy atom. The largest absolute Gasteiger partial charge is 0.393 e. The second-order valence-corrected chi connectivity index (χ2v) is 12.1. The van der Waals surface area contributed by atoms with Crippen molar-refractivity contribution in [2.75, 3.05) is 0 Å². The van der Waals surface area contributed by atoms with E-state index in [4.69, 9.17) is 4.74 Å². The van der Waals surface area contributed by atoms with Gasteiger partial charge in [0.25, 0.3) is 0 Å². The van der Waals surface area contributed by atoms with Gasteiger partial charge in [0.1, 0.15) is 11.4 Å². The van der Waals surface area contributed by atoms with Crippen molar-refractivity contribution >= 4 is 5.78 Å². The molecule has 5 aliphatic carbocycles. The molecule has 0 radical (unpaired) electrons. The zero-order valence-corrected chi connectivity index (χ0v) is 18.0. The Bertz CT molecular complexity index is 719. The molecule has 0 unspecified atom stereocenters. The van der Waals surface area contributed by atoms with Crippen LogP contribution in [-0.2, 0) is 9.53 Å². The maximum Gasteiger partial charge on any atom is 0.136 e. The van der Waals surface area contributed by atoms with Gasteiger partial charge in [-0.1, -0.05) is 26.7 Å². The molecule has 0 amide bonds. The molecule has 1 saturated heterocycles. The van der Waals surface area contributed by atoms with Gasteiger partial charge in [0, 0.05) is 17.3 Å². The summed E-state index contributed by atoms with van der Waals surface area (Å²) in [6.45, 7) is 6.93. The van der Waals surface area contributed by atoms with Crippen molar-refractivity contribution in [3.63, 3.8) is 0 Å². The molecule has 5 saturated carbocycles. The van der Waals surface area contributed by atoms with E-state index in [1.54, 1.807) is 0 Å². The highest BCUT2D eigenvalue weighted by Crippen LogP contribution is 2.77. The first-order chi connectivity index (χ1) is 13.3. The zero-order valence-electron chi connectivity index (χ0n) is 18.0. The molecule has 0 aromatic carbocycles. The SMILES string of the molecule is CC(=O)[C@]12CCCC[C@@H]1C[C@@H]1[C@@H]3C[C@H]4O[C@]45C[C@@H](O)CC[C@]5(C)[C@@H]3CC[C@@]12C. The molecule has 6 fully saturated rings. The predicted octanol–water partition coefficient (Wildman–Crippen LogP) is 4.90. The molecular formula is C25H38O3. The van der Waals surface area contributed by atoms with Crippen molar-refractivity contribution in [3.8, 4) is 0 Å². The van der Waals surface area contributed by atoms with E-state index >= 15 is 0 Å².